The van der Waals surface area contributed by atoms with E-state index in [2.05, 4.69) is 0 Å². The van der Waals surface area contributed by atoms with Crippen LogP contribution in [0.2, 0.25) is 15.1 Å². The van der Waals surface area contributed by atoms with E-state index >= 15 is 0 Å². The van der Waals surface area contributed by atoms with Crippen molar-refractivity contribution in [1.82, 2.24) is 5.01 Å². The molecular formula is C24H19Cl3N2O4. The molecule has 2 aliphatic heterocycles. The molecule has 0 amide bonds. The molecule has 0 radical (unpaired) electrons. The first-order chi connectivity index (χ1) is 15.9. The molecule has 0 fully saturated rings. The minimum absolute atomic E-state index is 0.100. The molecule has 0 saturated carbocycles. The Morgan fingerprint density at radius 1 is 0.939 bits per heavy atom. The molecule has 0 aromatic heterocycles. The molecule has 9 heteroatoms. The fourth-order valence-corrected chi connectivity index (χ4v) is 4.92. The maximum absolute atomic E-state index is 10.7. The van der Waals surface area contributed by atoms with Crippen LogP contribution in [-0.4, -0.2) is 30.0 Å². The Morgan fingerprint density at radius 3 is 2.45 bits per heavy atom. The van der Waals surface area contributed by atoms with Crippen LogP contribution in [0, 0.1) is 0 Å². The first-order valence-electron chi connectivity index (χ1n) is 10.1. The molecule has 2 heterocycles. The molecule has 3 aromatic carbocycles. The largest absolute Gasteiger partial charge is 0.506 e. The molecule has 6 nitrogen and oxygen atoms in total. The second-order valence-electron chi connectivity index (χ2n) is 7.69. The molecular weight excluding hydrogens is 487 g/mol. The Hall–Kier alpha value is -2.80. The maximum atomic E-state index is 10.7. The predicted molar refractivity (Wildman–Crippen MR) is 128 cm³/mol. The molecule has 5 rings (SSSR count). The van der Waals surface area contributed by atoms with Crippen molar-refractivity contribution in [2.75, 3.05) is 14.2 Å². The van der Waals surface area contributed by atoms with Gasteiger partial charge in [0.2, 0.25) is 6.23 Å². The number of phenols is 1. The number of benzene rings is 3. The fraction of sp³-hybridized carbons (Fsp3) is 0.208. The van der Waals surface area contributed by atoms with Crippen LogP contribution in [0.15, 0.2) is 53.6 Å². The number of hydrogen-bond acceptors (Lipinski definition) is 6. The summed E-state index contributed by atoms with van der Waals surface area (Å²) in [5, 5.41) is 18.5. The molecule has 0 spiro atoms. The first kappa shape index (κ1) is 22.0. The summed E-state index contributed by atoms with van der Waals surface area (Å²) in [6.45, 7) is 0. The summed E-state index contributed by atoms with van der Waals surface area (Å²) in [6, 6.07) is 14.1. The van der Waals surface area contributed by atoms with Crippen molar-refractivity contribution in [3.8, 4) is 23.0 Å². The van der Waals surface area contributed by atoms with Crippen LogP contribution < -0.4 is 14.2 Å². The van der Waals surface area contributed by atoms with Crippen LogP contribution in [0.5, 0.6) is 23.0 Å². The van der Waals surface area contributed by atoms with Crippen molar-refractivity contribution < 1.29 is 19.3 Å². The molecule has 1 N–H and O–H groups in total. The SMILES string of the molecule is COc1ccc(C2=NN3[C@H](C2)c2cc(Cl)ccc2O[C@H]3c2cc(Cl)cc(Cl)c2O)cc1OC. The third-order valence-corrected chi connectivity index (χ3v) is 6.53. The number of fused-ring (bicyclic) bond motifs is 3. The van der Waals surface area contributed by atoms with Gasteiger partial charge < -0.3 is 19.3 Å². The number of methoxy groups -OCH3 is 2. The zero-order valence-corrected chi connectivity index (χ0v) is 19.9. The minimum atomic E-state index is -0.738. The van der Waals surface area contributed by atoms with Crippen molar-refractivity contribution in [2.24, 2.45) is 5.10 Å². The van der Waals surface area contributed by atoms with Gasteiger partial charge in [0.1, 0.15) is 11.5 Å². The molecule has 0 bridgehead atoms. The molecule has 2 aliphatic rings. The Bertz CT molecular complexity index is 1280. The van der Waals surface area contributed by atoms with Crippen LogP contribution in [0.25, 0.3) is 0 Å². The number of phenolic OH excluding ortho intramolecular Hbond substituents is 1. The van der Waals surface area contributed by atoms with Gasteiger partial charge in [0, 0.05) is 27.6 Å². The maximum Gasteiger partial charge on any atom is 0.217 e. The molecule has 33 heavy (non-hydrogen) atoms. The molecule has 170 valence electrons. The molecule has 0 aliphatic carbocycles. The topological polar surface area (TPSA) is 63.5 Å². The van der Waals surface area contributed by atoms with E-state index in [1.54, 1.807) is 26.4 Å². The Kier molecular flexibility index (Phi) is 5.69. The zero-order valence-electron chi connectivity index (χ0n) is 17.7. The monoisotopic (exact) mass is 504 g/mol. The second-order valence-corrected chi connectivity index (χ2v) is 8.97. The number of aromatic hydroxyl groups is 1. The average molecular weight is 506 g/mol. The lowest BCUT2D eigenvalue weighted by molar-refractivity contribution is -0.0203. The Labute approximate surface area is 205 Å². The Morgan fingerprint density at radius 2 is 1.70 bits per heavy atom. The predicted octanol–water partition coefficient (Wildman–Crippen LogP) is 6.61. The lowest BCUT2D eigenvalue weighted by Crippen LogP contribution is -2.33. The van der Waals surface area contributed by atoms with E-state index in [1.807, 2.05) is 35.3 Å². The van der Waals surface area contributed by atoms with Crippen LogP contribution in [-0.2, 0) is 0 Å². The summed E-state index contributed by atoms with van der Waals surface area (Å²) in [6.07, 6.45) is -0.143. The summed E-state index contributed by atoms with van der Waals surface area (Å²) in [4.78, 5) is 0. The van der Waals surface area contributed by atoms with E-state index in [0.29, 0.717) is 39.3 Å². The second kappa shape index (κ2) is 8.52. The summed E-state index contributed by atoms with van der Waals surface area (Å²) >= 11 is 18.7. The highest BCUT2D eigenvalue weighted by molar-refractivity contribution is 6.35. The molecule has 3 aromatic rings. The molecule has 0 unspecified atom stereocenters. The highest BCUT2D eigenvalue weighted by Crippen LogP contribution is 2.50. The smallest absolute Gasteiger partial charge is 0.217 e. The summed E-state index contributed by atoms with van der Waals surface area (Å²) in [5.41, 5.74) is 3.05. The van der Waals surface area contributed by atoms with E-state index in [4.69, 9.17) is 54.1 Å². The highest BCUT2D eigenvalue weighted by Gasteiger charge is 2.42. The number of ether oxygens (including phenoxy) is 3. The average Bonchev–Trinajstić information content (AvgIpc) is 3.26. The third-order valence-electron chi connectivity index (χ3n) is 5.79. The number of hydrogen-bond donors (Lipinski definition) is 1. The highest BCUT2D eigenvalue weighted by atomic mass is 35.5. The zero-order chi connectivity index (χ0) is 23.3. The number of nitrogens with zero attached hydrogens (tertiary/aromatic N) is 2. The van der Waals surface area contributed by atoms with Crippen LogP contribution in [0.3, 0.4) is 0 Å². The number of hydrazone groups is 1. The molecule has 0 saturated heterocycles. The first-order valence-corrected chi connectivity index (χ1v) is 11.2. The van der Waals surface area contributed by atoms with E-state index in [0.717, 1.165) is 16.8 Å². The summed E-state index contributed by atoms with van der Waals surface area (Å²) in [5.74, 6) is 1.80. The van der Waals surface area contributed by atoms with Crippen molar-refractivity contribution in [3.63, 3.8) is 0 Å². The van der Waals surface area contributed by atoms with Crippen LogP contribution in [0.1, 0.15) is 35.4 Å². The van der Waals surface area contributed by atoms with Gasteiger partial charge in [-0.1, -0.05) is 34.8 Å². The lowest BCUT2D eigenvalue weighted by Gasteiger charge is -2.38. The van der Waals surface area contributed by atoms with Gasteiger partial charge in [0.25, 0.3) is 0 Å². The summed E-state index contributed by atoms with van der Waals surface area (Å²) < 4.78 is 17.1. The van der Waals surface area contributed by atoms with Crippen molar-refractivity contribution in [1.29, 1.82) is 0 Å². The normalized spacial score (nSPS) is 18.8. The van der Waals surface area contributed by atoms with E-state index in [1.165, 1.54) is 6.07 Å². The number of rotatable bonds is 4. The van der Waals surface area contributed by atoms with Gasteiger partial charge in [0.05, 0.1) is 36.6 Å². The van der Waals surface area contributed by atoms with E-state index in [-0.39, 0.29) is 16.8 Å². The van der Waals surface area contributed by atoms with Crippen molar-refractivity contribution in [2.45, 2.75) is 18.7 Å². The standard InChI is InChI=1S/C24H19Cl3N2O4/c1-31-21-5-3-12(7-22(21)32-2)18-11-19-15-8-13(25)4-6-20(15)33-24(29(19)28-18)16-9-14(26)10-17(27)23(16)30/h3-10,19,24,30H,11H2,1-2H3/t19-,24+/m1/s1. The minimum Gasteiger partial charge on any atom is -0.506 e. The molecule has 2 atom stereocenters. The third kappa shape index (κ3) is 3.82. The van der Waals surface area contributed by atoms with Gasteiger partial charge in [-0.2, -0.15) is 5.10 Å². The van der Waals surface area contributed by atoms with Gasteiger partial charge >= 0.3 is 0 Å². The summed E-state index contributed by atoms with van der Waals surface area (Å²) in [7, 11) is 3.19. The number of halogens is 3. The van der Waals surface area contributed by atoms with Crippen LogP contribution >= 0.6 is 34.8 Å². The quantitative estimate of drug-likeness (QED) is 0.432. The lowest BCUT2D eigenvalue weighted by atomic mass is 9.95. The van der Waals surface area contributed by atoms with Gasteiger partial charge in [-0.15, -0.1) is 0 Å². The Balaban J connectivity index is 1.63. The van der Waals surface area contributed by atoms with E-state index in [9.17, 15) is 5.11 Å². The van der Waals surface area contributed by atoms with E-state index < -0.39 is 6.23 Å². The fourth-order valence-electron chi connectivity index (χ4n) is 4.23. The van der Waals surface area contributed by atoms with Crippen LogP contribution in [0.4, 0.5) is 0 Å². The van der Waals surface area contributed by atoms with Gasteiger partial charge in [-0.05, 0) is 48.5 Å². The van der Waals surface area contributed by atoms with Crippen molar-refractivity contribution >= 4 is 40.5 Å². The van der Waals surface area contributed by atoms with Crippen molar-refractivity contribution in [3.05, 3.63) is 80.3 Å². The van der Waals surface area contributed by atoms with Gasteiger partial charge in [-0.3, -0.25) is 0 Å². The van der Waals surface area contributed by atoms with Gasteiger partial charge in [-0.25, -0.2) is 5.01 Å². The van der Waals surface area contributed by atoms with Gasteiger partial charge in [0.15, 0.2) is 11.5 Å².